The molecule has 2 rings (SSSR count). The maximum absolute atomic E-state index is 5.85. The summed E-state index contributed by atoms with van der Waals surface area (Å²) in [6.07, 6.45) is 0. The van der Waals surface area contributed by atoms with E-state index in [4.69, 9.17) is 5.73 Å². The number of nitrogens with two attached hydrogens (primary N) is 1. The fourth-order valence-corrected chi connectivity index (χ4v) is 3.36. The van der Waals surface area contributed by atoms with Crippen molar-refractivity contribution in [3.63, 3.8) is 0 Å². The third kappa shape index (κ3) is 3.37. The second kappa shape index (κ2) is 6.22. The molecule has 100 valence electrons. The summed E-state index contributed by atoms with van der Waals surface area (Å²) in [6.45, 7) is 6.84. The summed E-state index contributed by atoms with van der Waals surface area (Å²) in [5.74, 6) is 0.940. The number of pyridine rings is 1. The Hall–Kier alpha value is -1.32. The minimum atomic E-state index is 0.551. The van der Waals surface area contributed by atoms with E-state index in [1.807, 2.05) is 6.92 Å². The molecule has 2 aromatic rings. The standard InChI is InChI=1S/C16H20N2S/c1-11-6-4-5-7-14(11)10-19-16-15(9-17)12(2)8-13(3)18-16/h4-8H,9-10,17H2,1-3H3. The number of aromatic nitrogens is 1. The highest BCUT2D eigenvalue weighted by Gasteiger charge is 2.09. The van der Waals surface area contributed by atoms with Gasteiger partial charge in [0.25, 0.3) is 0 Å². The van der Waals surface area contributed by atoms with Crippen LogP contribution in [-0.4, -0.2) is 4.98 Å². The van der Waals surface area contributed by atoms with Gasteiger partial charge in [0.05, 0.1) is 0 Å². The summed E-state index contributed by atoms with van der Waals surface area (Å²) < 4.78 is 0. The largest absolute Gasteiger partial charge is 0.326 e. The van der Waals surface area contributed by atoms with Gasteiger partial charge < -0.3 is 5.73 Å². The fourth-order valence-electron chi connectivity index (χ4n) is 2.11. The monoisotopic (exact) mass is 272 g/mol. The van der Waals surface area contributed by atoms with E-state index in [1.165, 1.54) is 22.3 Å². The first-order valence-electron chi connectivity index (χ1n) is 6.46. The van der Waals surface area contributed by atoms with Gasteiger partial charge in [-0.2, -0.15) is 0 Å². The van der Waals surface area contributed by atoms with Gasteiger partial charge in [-0.15, -0.1) is 11.8 Å². The van der Waals surface area contributed by atoms with Crippen LogP contribution in [0.2, 0.25) is 0 Å². The van der Waals surface area contributed by atoms with Crippen molar-refractivity contribution in [1.82, 2.24) is 4.98 Å². The van der Waals surface area contributed by atoms with Gasteiger partial charge >= 0.3 is 0 Å². The van der Waals surface area contributed by atoms with Crippen LogP contribution in [0.4, 0.5) is 0 Å². The Labute approximate surface area is 119 Å². The molecule has 0 spiro atoms. The van der Waals surface area contributed by atoms with Crippen molar-refractivity contribution in [2.75, 3.05) is 0 Å². The van der Waals surface area contributed by atoms with Crippen LogP contribution < -0.4 is 5.73 Å². The van der Waals surface area contributed by atoms with Crippen LogP contribution in [-0.2, 0) is 12.3 Å². The highest BCUT2D eigenvalue weighted by molar-refractivity contribution is 7.98. The van der Waals surface area contributed by atoms with Crippen LogP contribution in [0.3, 0.4) is 0 Å². The Morgan fingerprint density at radius 3 is 2.53 bits per heavy atom. The maximum atomic E-state index is 5.85. The molecule has 0 bridgehead atoms. The number of nitrogens with zero attached hydrogens (tertiary/aromatic N) is 1. The number of aryl methyl sites for hydroxylation is 3. The molecule has 0 amide bonds. The molecule has 0 aliphatic heterocycles. The van der Waals surface area contributed by atoms with Gasteiger partial charge in [-0.25, -0.2) is 4.98 Å². The average molecular weight is 272 g/mol. The number of hydrogen-bond acceptors (Lipinski definition) is 3. The second-order valence-electron chi connectivity index (χ2n) is 4.78. The zero-order valence-electron chi connectivity index (χ0n) is 11.7. The molecule has 0 atom stereocenters. The van der Waals surface area contributed by atoms with Crippen LogP contribution >= 0.6 is 11.8 Å². The molecular weight excluding hydrogens is 252 g/mol. The molecule has 2 nitrogen and oxygen atoms in total. The highest BCUT2D eigenvalue weighted by atomic mass is 32.2. The lowest BCUT2D eigenvalue weighted by Gasteiger charge is -2.12. The number of hydrogen-bond donors (Lipinski definition) is 1. The second-order valence-corrected chi connectivity index (χ2v) is 5.75. The zero-order chi connectivity index (χ0) is 13.8. The Balaban J connectivity index is 2.22. The summed E-state index contributed by atoms with van der Waals surface area (Å²) in [5.41, 5.74) is 12.0. The van der Waals surface area contributed by atoms with E-state index in [0.29, 0.717) is 6.54 Å². The number of rotatable bonds is 4. The molecule has 0 saturated carbocycles. The van der Waals surface area contributed by atoms with Crippen molar-refractivity contribution in [1.29, 1.82) is 0 Å². The number of thioether (sulfide) groups is 1. The molecular formula is C16H20N2S. The summed E-state index contributed by atoms with van der Waals surface area (Å²) in [7, 11) is 0. The molecule has 0 saturated heterocycles. The topological polar surface area (TPSA) is 38.9 Å². The van der Waals surface area contributed by atoms with Crippen LogP contribution in [0, 0.1) is 20.8 Å². The van der Waals surface area contributed by atoms with Gasteiger partial charge in [0.2, 0.25) is 0 Å². The molecule has 0 unspecified atom stereocenters. The van der Waals surface area contributed by atoms with Gasteiger partial charge in [-0.3, -0.25) is 0 Å². The highest BCUT2D eigenvalue weighted by Crippen LogP contribution is 2.27. The first-order valence-corrected chi connectivity index (χ1v) is 7.45. The molecule has 0 radical (unpaired) electrons. The molecule has 0 fully saturated rings. The van der Waals surface area contributed by atoms with Gasteiger partial charge in [0, 0.05) is 23.6 Å². The van der Waals surface area contributed by atoms with Gasteiger partial charge in [0.15, 0.2) is 0 Å². The first-order chi connectivity index (χ1) is 9.11. The van der Waals surface area contributed by atoms with E-state index in [-0.39, 0.29) is 0 Å². The van der Waals surface area contributed by atoms with Crippen LogP contribution in [0.15, 0.2) is 35.4 Å². The van der Waals surface area contributed by atoms with Gasteiger partial charge in [-0.05, 0) is 43.5 Å². The van der Waals surface area contributed by atoms with E-state index in [0.717, 1.165) is 16.5 Å². The maximum Gasteiger partial charge on any atom is 0.101 e. The lowest BCUT2D eigenvalue weighted by molar-refractivity contribution is 0.922. The predicted molar refractivity (Wildman–Crippen MR) is 82.3 cm³/mol. The third-order valence-electron chi connectivity index (χ3n) is 3.27. The van der Waals surface area contributed by atoms with E-state index in [9.17, 15) is 0 Å². The van der Waals surface area contributed by atoms with Crippen LogP contribution in [0.25, 0.3) is 0 Å². The molecule has 1 aromatic heterocycles. The Morgan fingerprint density at radius 2 is 1.84 bits per heavy atom. The minimum absolute atomic E-state index is 0.551. The lowest BCUT2D eigenvalue weighted by atomic mass is 10.1. The van der Waals surface area contributed by atoms with Gasteiger partial charge in [-0.1, -0.05) is 24.3 Å². The van der Waals surface area contributed by atoms with Gasteiger partial charge in [0.1, 0.15) is 5.03 Å². The Bertz CT molecular complexity index is 579. The molecule has 19 heavy (non-hydrogen) atoms. The third-order valence-corrected chi connectivity index (χ3v) is 4.33. The summed E-state index contributed by atoms with van der Waals surface area (Å²) in [4.78, 5) is 4.63. The Morgan fingerprint density at radius 1 is 1.11 bits per heavy atom. The summed E-state index contributed by atoms with van der Waals surface area (Å²) in [6, 6.07) is 10.6. The van der Waals surface area contributed by atoms with E-state index < -0.39 is 0 Å². The van der Waals surface area contributed by atoms with E-state index in [1.54, 1.807) is 11.8 Å². The lowest BCUT2D eigenvalue weighted by Crippen LogP contribution is -2.04. The Kier molecular flexibility index (Phi) is 4.61. The van der Waals surface area contributed by atoms with Crippen molar-refractivity contribution >= 4 is 11.8 Å². The molecule has 0 aliphatic rings. The summed E-state index contributed by atoms with van der Waals surface area (Å²) in [5, 5.41) is 1.07. The van der Waals surface area contributed by atoms with E-state index >= 15 is 0 Å². The number of benzene rings is 1. The zero-order valence-corrected chi connectivity index (χ0v) is 12.6. The normalized spacial score (nSPS) is 10.7. The average Bonchev–Trinajstić information content (AvgIpc) is 2.37. The quantitative estimate of drug-likeness (QED) is 0.861. The molecule has 0 aliphatic carbocycles. The van der Waals surface area contributed by atoms with Crippen molar-refractivity contribution in [2.45, 2.75) is 38.1 Å². The summed E-state index contributed by atoms with van der Waals surface area (Å²) >= 11 is 1.78. The van der Waals surface area contributed by atoms with Crippen molar-refractivity contribution in [3.8, 4) is 0 Å². The SMILES string of the molecule is Cc1cc(C)c(CN)c(SCc2ccccc2C)n1. The van der Waals surface area contributed by atoms with Crippen molar-refractivity contribution in [3.05, 3.63) is 58.3 Å². The molecule has 1 heterocycles. The fraction of sp³-hybridized carbons (Fsp3) is 0.312. The molecule has 1 aromatic carbocycles. The molecule has 2 N–H and O–H groups in total. The van der Waals surface area contributed by atoms with Crippen molar-refractivity contribution in [2.24, 2.45) is 5.73 Å². The van der Waals surface area contributed by atoms with Crippen LogP contribution in [0.1, 0.15) is 27.9 Å². The van der Waals surface area contributed by atoms with E-state index in [2.05, 4.69) is 49.2 Å². The predicted octanol–water partition coefficient (Wildman–Crippen LogP) is 3.76. The van der Waals surface area contributed by atoms with Crippen molar-refractivity contribution < 1.29 is 0 Å². The van der Waals surface area contributed by atoms with Crippen LogP contribution in [0.5, 0.6) is 0 Å². The molecule has 3 heteroatoms. The minimum Gasteiger partial charge on any atom is -0.326 e. The first kappa shape index (κ1) is 14.1. The smallest absolute Gasteiger partial charge is 0.101 e.